The summed E-state index contributed by atoms with van der Waals surface area (Å²) < 4.78 is 5.42. The van der Waals surface area contributed by atoms with E-state index in [1.807, 2.05) is 32.0 Å². The smallest absolute Gasteiger partial charge is 0.266 e. The van der Waals surface area contributed by atoms with Gasteiger partial charge in [-0.25, -0.2) is 4.90 Å². The fourth-order valence-corrected chi connectivity index (χ4v) is 3.66. The van der Waals surface area contributed by atoms with Crippen LogP contribution in [0, 0.1) is 13.8 Å². The van der Waals surface area contributed by atoms with E-state index in [4.69, 9.17) is 4.74 Å². The van der Waals surface area contributed by atoms with Crippen LogP contribution in [0.25, 0.3) is 0 Å². The van der Waals surface area contributed by atoms with Crippen LogP contribution in [0.2, 0.25) is 0 Å². The van der Waals surface area contributed by atoms with Crippen LogP contribution in [-0.2, 0) is 0 Å². The van der Waals surface area contributed by atoms with Gasteiger partial charge in [0.2, 0.25) is 0 Å². The molecule has 0 fully saturated rings. The van der Waals surface area contributed by atoms with Crippen LogP contribution in [-0.4, -0.2) is 24.8 Å². The lowest BCUT2D eigenvalue weighted by Crippen LogP contribution is -2.29. The van der Waals surface area contributed by atoms with Crippen LogP contribution < -0.4 is 15.0 Å². The van der Waals surface area contributed by atoms with Gasteiger partial charge in [0, 0.05) is 17.3 Å². The SMILES string of the molecule is COc1cc(NC(=O)c2cc(C)cc(C)c2)ccc1N1C(=O)c2ccccc2C1=O. The molecule has 0 aliphatic carbocycles. The van der Waals surface area contributed by atoms with Crippen molar-refractivity contribution in [2.45, 2.75) is 13.8 Å². The average molecular weight is 400 g/mol. The second-order valence-electron chi connectivity index (χ2n) is 7.21. The summed E-state index contributed by atoms with van der Waals surface area (Å²) in [5, 5.41) is 2.84. The zero-order valence-corrected chi connectivity index (χ0v) is 16.9. The van der Waals surface area contributed by atoms with E-state index in [-0.39, 0.29) is 5.91 Å². The first-order valence-corrected chi connectivity index (χ1v) is 9.44. The first-order valence-electron chi connectivity index (χ1n) is 9.44. The summed E-state index contributed by atoms with van der Waals surface area (Å²) >= 11 is 0. The lowest BCUT2D eigenvalue weighted by molar-refractivity contribution is 0.0923. The molecule has 1 N–H and O–H groups in total. The zero-order chi connectivity index (χ0) is 21.4. The maximum Gasteiger partial charge on any atom is 0.266 e. The number of nitrogens with one attached hydrogen (secondary N) is 1. The highest BCUT2D eigenvalue weighted by molar-refractivity contribution is 6.34. The Kier molecular flexibility index (Phi) is 4.83. The van der Waals surface area contributed by atoms with Gasteiger partial charge in [-0.2, -0.15) is 0 Å². The molecule has 0 atom stereocenters. The Morgan fingerprint density at radius 2 is 1.47 bits per heavy atom. The third-order valence-corrected chi connectivity index (χ3v) is 4.96. The van der Waals surface area contributed by atoms with Gasteiger partial charge in [-0.1, -0.05) is 29.3 Å². The lowest BCUT2D eigenvalue weighted by atomic mass is 10.1. The van der Waals surface area contributed by atoms with Crippen molar-refractivity contribution in [3.8, 4) is 5.75 Å². The summed E-state index contributed by atoms with van der Waals surface area (Å²) in [6.07, 6.45) is 0. The van der Waals surface area contributed by atoms with E-state index in [9.17, 15) is 14.4 Å². The molecule has 0 aromatic heterocycles. The number of imide groups is 1. The number of ether oxygens (including phenoxy) is 1. The molecule has 4 rings (SSSR count). The largest absolute Gasteiger partial charge is 0.494 e. The Hall–Kier alpha value is -3.93. The van der Waals surface area contributed by atoms with Crippen molar-refractivity contribution in [2.75, 3.05) is 17.3 Å². The molecule has 1 aliphatic heterocycles. The van der Waals surface area contributed by atoms with Gasteiger partial charge in [0.15, 0.2) is 0 Å². The normalized spacial score (nSPS) is 12.7. The molecule has 3 aromatic carbocycles. The van der Waals surface area contributed by atoms with Crippen molar-refractivity contribution in [3.05, 3.63) is 88.5 Å². The Balaban J connectivity index is 1.64. The van der Waals surface area contributed by atoms with Crippen molar-refractivity contribution >= 4 is 29.1 Å². The summed E-state index contributed by atoms with van der Waals surface area (Å²) in [5.74, 6) is -0.748. The lowest BCUT2D eigenvalue weighted by Gasteiger charge is -2.18. The number of hydrogen-bond donors (Lipinski definition) is 1. The number of methoxy groups -OCH3 is 1. The highest BCUT2D eigenvalue weighted by Gasteiger charge is 2.37. The molecule has 1 aliphatic rings. The van der Waals surface area contributed by atoms with Crippen LogP contribution in [0.3, 0.4) is 0 Å². The van der Waals surface area contributed by atoms with Gasteiger partial charge in [0.25, 0.3) is 17.7 Å². The number of carbonyl (C=O) groups excluding carboxylic acids is 3. The molecule has 6 heteroatoms. The number of hydrogen-bond acceptors (Lipinski definition) is 4. The van der Waals surface area contributed by atoms with Gasteiger partial charge in [-0.05, 0) is 50.2 Å². The Bertz CT molecular complexity index is 1140. The van der Waals surface area contributed by atoms with E-state index >= 15 is 0 Å². The van der Waals surface area contributed by atoms with E-state index < -0.39 is 11.8 Å². The molecule has 30 heavy (non-hydrogen) atoms. The summed E-state index contributed by atoms with van der Waals surface area (Å²) in [4.78, 5) is 39.3. The maximum atomic E-state index is 12.8. The summed E-state index contributed by atoms with van der Waals surface area (Å²) in [7, 11) is 1.45. The Morgan fingerprint density at radius 1 is 0.867 bits per heavy atom. The van der Waals surface area contributed by atoms with E-state index in [1.165, 1.54) is 7.11 Å². The number of amides is 3. The average Bonchev–Trinajstić information content (AvgIpc) is 2.98. The Labute approximate surface area is 174 Å². The number of anilines is 2. The zero-order valence-electron chi connectivity index (χ0n) is 16.9. The molecule has 150 valence electrons. The number of aryl methyl sites for hydroxylation is 2. The maximum absolute atomic E-state index is 12.8. The minimum absolute atomic E-state index is 0.252. The number of carbonyl (C=O) groups is 3. The fraction of sp³-hybridized carbons (Fsp3) is 0.125. The molecule has 0 radical (unpaired) electrons. The molecule has 3 aromatic rings. The molecular formula is C24H20N2O4. The highest BCUT2D eigenvalue weighted by atomic mass is 16.5. The topological polar surface area (TPSA) is 75.7 Å². The molecule has 0 bridgehead atoms. The van der Waals surface area contributed by atoms with Gasteiger partial charge in [0.1, 0.15) is 5.75 Å². The molecule has 0 saturated heterocycles. The minimum Gasteiger partial charge on any atom is -0.494 e. The third kappa shape index (κ3) is 3.33. The van der Waals surface area contributed by atoms with Crippen molar-refractivity contribution in [3.63, 3.8) is 0 Å². The molecule has 0 saturated carbocycles. The van der Waals surface area contributed by atoms with Crippen molar-refractivity contribution < 1.29 is 19.1 Å². The van der Waals surface area contributed by atoms with Crippen molar-refractivity contribution in [1.82, 2.24) is 0 Å². The summed E-state index contributed by atoms with van der Waals surface area (Å²) in [5.41, 5.74) is 4.09. The monoisotopic (exact) mass is 400 g/mol. The van der Waals surface area contributed by atoms with Crippen LogP contribution in [0.15, 0.2) is 60.7 Å². The molecule has 6 nitrogen and oxygen atoms in total. The molecule has 0 spiro atoms. The molecule has 0 unspecified atom stereocenters. The molecular weight excluding hydrogens is 380 g/mol. The predicted molar refractivity (Wildman–Crippen MR) is 114 cm³/mol. The van der Waals surface area contributed by atoms with Gasteiger partial charge in [-0.15, -0.1) is 0 Å². The highest BCUT2D eigenvalue weighted by Crippen LogP contribution is 2.36. The predicted octanol–water partition coefficient (Wildman–Crippen LogP) is 4.36. The summed E-state index contributed by atoms with van der Waals surface area (Å²) in [6, 6.07) is 17.1. The van der Waals surface area contributed by atoms with E-state index in [0.29, 0.717) is 33.8 Å². The summed E-state index contributed by atoms with van der Waals surface area (Å²) in [6.45, 7) is 3.87. The van der Waals surface area contributed by atoms with Crippen LogP contribution in [0.4, 0.5) is 11.4 Å². The molecule has 3 amide bonds. The second-order valence-corrected chi connectivity index (χ2v) is 7.21. The van der Waals surface area contributed by atoms with Crippen LogP contribution >= 0.6 is 0 Å². The van der Waals surface area contributed by atoms with Gasteiger partial charge in [0.05, 0.1) is 23.9 Å². The Morgan fingerprint density at radius 3 is 2.03 bits per heavy atom. The van der Waals surface area contributed by atoms with E-state index in [1.54, 1.807) is 42.5 Å². The first-order chi connectivity index (χ1) is 14.4. The van der Waals surface area contributed by atoms with Crippen LogP contribution in [0.1, 0.15) is 42.2 Å². The second kappa shape index (κ2) is 7.48. The number of rotatable bonds is 4. The number of nitrogens with zero attached hydrogens (tertiary/aromatic N) is 1. The minimum atomic E-state index is -0.402. The van der Waals surface area contributed by atoms with Crippen molar-refractivity contribution in [2.24, 2.45) is 0 Å². The standard InChI is InChI=1S/C24H20N2O4/c1-14-10-15(2)12-16(11-14)22(27)25-17-8-9-20(21(13-17)30-3)26-23(28)18-6-4-5-7-19(18)24(26)29/h4-13H,1-3H3,(H,25,27). The van der Waals surface area contributed by atoms with E-state index in [0.717, 1.165) is 16.0 Å². The fourth-order valence-electron chi connectivity index (χ4n) is 3.66. The van der Waals surface area contributed by atoms with Gasteiger partial charge >= 0.3 is 0 Å². The number of fused-ring (bicyclic) bond motifs is 1. The van der Waals surface area contributed by atoms with Crippen LogP contribution in [0.5, 0.6) is 5.75 Å². The van der Waals surface area contributed by atoms with Gasteiger partial charge < -0.3 is 10.1 Å². The third-order valence-electron chi connectivity index (χ3n) is 4.96. The first kappa shape index (κ1) is 19.4. The number of benzene rings is 3. The van der Waals surface area contributed by atoms with Gasteiger partial charge in [-0.3, -0.25) is 14.4 Å². The van der Waals surface area contributed by atoms with E-state index in [2.05, 4.69) is 5.32 Å². The molecule has 1 heterocycles. The van der Waals surface area contributed by atoms with Crippen molar-refractivity contribution in [1.29, 1.82) is 0 Å². The quantitative estimate of drug-likeness (QED) is 0.660.